The average molecular weight is 391 g/mol. The van der Waals surface area contributed by atoms with Gasteiger partial charge in [0.05, 0.1) is 11.5 Å². The summed E-state index contributed by atoms with van der Waals surface area (Å²) in [6.45, 7) is 5.96. The van der Waals surface area contributed by atoms with Crippen LogP contribution in [-0.4, -0.2) is 69.7 Å². The van der Waals surface area contributed by atoms with E-state index in [0.29, 0.717) is 31.5 Å². The number of nitro benzene ring substituents is 1. The third-order valence-electron chi connectivity index (χ3n) is 5.59. The fourth-order valence-corrected chi connectivity index (χ4v) is 4.08. The number of ether oxygens (including phenoxy) is 1. The molecule has 0 saturated carbocycles. The van der Waals surface area contributed by atoms with Gasteiger partial charge < -0.3 is 14.7 Å². The van der Waals surface area contributed by atoms with Crippen molar-refractivity contribution >= 4 is 17.6 Å². The zero-order valence-corrected chi connectivity index (χ0v) is 16.1. The number of nitro groups is 1. The molecule has 1 aromatic carbocycles. The van der Waals surface area contributed by atoms with Gasteiger partial charge in [-0.3, -0.25) is 19.8 Å². The number of carbonyl (C=O) groups excluding carboxylic acids is 1. The Morgan fingerprint density at radius 1 is 1.36 bits per heavy atom. The molecule has 0 aromatic heterocycles. The highest BCUT2D eigenvalue weighted by atomic mass is 16.6. The van der Waals surface area contributed by atoms with Crippen LogP contribution in [0.5, 0.6) is 0 Å². The van der Waals surface area contributed by atoms with Crippen LogP contribution in [0.1, 0.15) is 42.1 Å². The standard InChI is InChI=1S/C19H25N3O6/c1-3-8-20-9-6-19(7-10-20)21(16(12-28-19)18(24)25)17(23)14-5-4-13(2)15(11-14)22(26)27/h4-5,11,16H,3,6-10,12H2,1-2H3,(H,24,25)/t16-/m1/s1. The second-order valence-corrected chi connectivity index (χ2v) is 7.39. The normalized spacial score (nSPS) is 21.8. The molecule has 1 aromatic rings. The molecule has 9 nitrogen and oxygen atoms in total. The second-order valence-electron chi connectivity index (χ2n) is 7.39. The van der Waals surface area contributed by atoms with Crippen molar-refractivity contribution in [2.24, 2.45) is 0 Å². The van der Waals surface area contributed by atoms with Crippen LogP contribution in [0.2, 0.25) is 0 Å². The minimum Gasteiger partial charge on any atom is -0.480 e. The Morgan fingerprint density at radius 3 is 2.61 bits per heavy atom. The third kappa shape index (κ3) is 3.59. The van der Waals surface area contributed by atoms with E-state index in [9.17, 15) is 24.8 Å². The molecule has 1 amide bonds. The molecular weight excluding hydrogens is 366 g/mol. The molecule has 0 aliphatic carbocycles. The lowest BCUT2D eigenvalue weighted by atomic mass is 9.96. The minimum atomic E-state index is -1.14. The molecule has 0 unspecified atom stereocenters. The highest BCUT2D eigenvalue weighted by Gasteiger charge is 2.54. The number of benzene rings is 1. The second kappa shape index (κ2) is 7.84. The maximum absolute atomic E-state index is 13.3. The molecule has 2 aliphatic rings. The van der Waals surface area contributed by atoms with Gasteiger partial charge in [-0.15, -0.1) is 0 Å². The number of amides is 1. The van der Waals surface area contributed by atoms with Crippen molar-refractivity contribution in [3.05, 3.63) is 39.4 Å². The summed E-state index contributed by atoms with van der Waals surface area (Å²) in [5, 5.41) is 20.9. The first-order valence-electron chi connectivity index (χ1n) is 9.47. The Kier molecular flexibility index (Phi) is 5.66. The van der Waals surface area contributed by atoms with E-state index in [1.807, 2.05) is 0 Å². The topological polar surface area (TPSA) is 113 Å². The lowest BCUT2D eigenvalue weighted by Gasteiger charge is -2.44. The third-order valence-corrected chi connectivity index (χ3v) is 5.59. The lowest BCUT2D eigenvalue weighted by Crippen LogP contribution is -2.58. The first-order chi connectivity index (χ1) is 13.3. The van der Waals surface area contributed by atoms with E-state index in [-0.39, 0.29) is 17.9 Å². The molecule has 152 valence electrons. The van der Waals surface area contributed by atoms with Gasteiger partial charge in [0.15, 0.2) is 6.04 Å². The summed E-state index contributed by atoms with van der Waals surface area (Å²) in [5.74, 6) is -1.68. The average Bonchev–Trinajstić information content (AvgIpc) is 3.02. The van der Waals surface area contributed by atoms with Gasteiger partial charge in [0, 0.05) is 43.1 Å². The van der Waals surface area contributed by atoms with Crippen LogP contribution >= 0.6 is 0 Å². The van der Waals surface area contributed by atoms with Gasteiger partial charge in [-0.25, -0.2) is 4.79 Å². The summed E-state index contributed by atoms with van der Waals surface area (Å²) in [6, 6.07) is 3.12. The number of aliphatic carboxylic acids is 1. The predicted octanol–water partition coefficient (Wildman–Crippen LogP) is 2.03. The summed E-state index contributed by atoms with van der Waals surface area (Å²) in [6.07, 6.45) is 2.04. The molecule has 2 heterocycles. The molecule has 2 fully saturated rings. The van der Waals surface area contributed by atoms with Gasteiger partial charge in [0.25, 0.3) is 11.6 Å². The summed E-state index contributed by atoms with van der Waals surface area (Å²) in [7, 11) is 0. The maximum Gasteiger partial charge on any atom is 0.328 e. The van der Waals surface area contributed by atoms with Gasteiger partial charge in [0.2, 0.25) is 0 Å². The number of carboxylic acid groups (broad SMARTS) is 1. The molecule has 2 saturated heterocycles. The van der Waals surface area contributed by atoms with E-state index in [4.69, 9.17) is 4.74 Å². The van der Waals surface area contributed by atoms with Crippen molar-refractivity contribution in [3.63, 3.8) is 0 Å². The van der Waals surface area contributed by atoms with E-state index < -0.39 is 28.6 Å². The smallest absolute Gasteiger partial charge is 0.328 e. The number of carbonyl (C=O) groups is 2. The largest absolute Gasteiger partial charge is 0.480 e. The molecule has 2 aliphatic heterocycles. The van der Waals surface area contributed by atoms with Gasteiger partial charge in [-0.2, -0.15) is 0 Å². The Balaban J connectivity index is 1.93. The van der Waals surface area contributed by atoms with Gasteiger partial charge in [-0.1, -0.05) is 13.0 Å². The molecule has 0 bridgehead atoms. The van der Waals surface area contributed by atoms with Crippen molar-refractivity contribution in [1.82, 2.24) is 9.80 Å². The van der Waals surface area contributed by atoms with Crippen LogP contribution in [0.3, 0.4) is 0 Å². The number of nitrogens with zero attached hydrogens (tertiary/aromatic N) is 3. The molecule has 28 heavy (non-hydrogen) atoms. The fourth-order valence-electron chi connectivity index (χ4n) is 4.08. The number of hydrogen-bond donors (Lipinski definition) is 1. The van der Waals surface area contributed by atoms with E-state index >= 15 is 0 Å². The molecule has 1 atom stereocenters. The van der Waals surface area contributed by atoms with E-state index in [1.54, 1.807) is 6.92 Å². The Hall–Kier alpha value is -2.52. The maximum atomic E-state index is 13.3. The molecule has 9 heteroatoms. The Labute approximate surface area is 163 Å². The number of aryl methyl sites for hydroxylation is 1. The fraction of sp³-hybridized carbons (Fsp3) is 0.579. The molecule has 1 spiro atoms. The molecule has 0 radical (unpaired) electrons. The Bertz CT molecular complexity index is 788. The van der Waals surface area contributed by atoms with Crippen LogP contribution in [0.4, 0.5) is 5.69 Å². The van der Waals surface area contributed by atoms with Crippen molar-refractivity contribution in [2.75, 3.05) is 26.2 Å². The number of carboxylic acids is 1. The summed E-state index contributed by atoms with van der Waals surface area (Å²) in [4.78, 5) is 39.3. The lowest BCUT2D eigenvalue weighted by molar-refractivity contribution is -0.385. The van der Waals surface area contributed by atoms with Gasteiger partial charge in [0.1, 0.15) is 5.72 Å². The molecular formula is C19H25N3O6. The van der Waals surface area contributed by atoms with Gasteiger partial charge in [-0.05, 0) is 26.0 Å². The Morgan fingerprint density at radius 2 is 2.04 bits per heavy atom. The highest BCUT2D eigenvalue weighted by molar-refractivity contribution is 5.98. The van der Waals surface area contributed by atoms with Crippen molar-refractivity contribution in [1.29, 1.82) is 0 Å². The van der Waals surface area contributed by atoms with Crippen molar-refractivity contribution in [2.45, 2.75) is 44.9 Å². The predicted molar refractivity (Wildman–Crippen MR) is 100 cm³/mol. The first-order valence-corrected chi connectivity index (χ1v) is 9.47. The summed E-state index contributed by atoms with van der Waals surface area (Å²) >= 11 is 0. The van der Waals surface area contributed by atoms with Crippen LogP contribution in [0, 0.1) is 17.0 Å². The van der Waals surface area contributed by atoms with Crippen molar-refractivity contribution in [3.8, 4) is 0 Å². The van der Waals surface area contributed by atoms with Crippen LogP contribution in [0.15, 0.2) is 18.2 Å². The number of hydrogen-bond acceptors (Lipinski definition) is 6. The van der Waals surface area contributed by atoms with Crippen LogP contribution in [0.25, 0.3) is 0 Å². The first kappa shape index (κ1) is 20.2. The zero-order valence-electron chi connectivity index (χ0n) is 16.1. The number of rotatable bonds is 5. The van der Waals surface area contributed by atoms with E-state index in [2.05, 4.69) is 11.8 Å². The summed E-state index contributed by atoms with van der Waals surface area (Å²) in [5.41, 5.74) is -0.602. The van der Waals surface area contributed by atoms with Crippen LogP contribution < -0.4 is 0 Å². The highest BCUT2D eigenvalue weighted by Crippen LogP contribution is 2.38. The monoisotopic (exact) mass is 391 g/mol. The van der Waals surface area contributed by atoms with Gasteiger partial charge >= 0.3 is 5.97 Å². The van der Waals surface area contributed by atoms with E-state index in [0.717, 1.165) is 13.0 Å². The quantitative estimate of drug-likeness (QED) is 0.603. The number of likely N-dealkylation sites (tertiary alicyclic amines) is 1. The minimum absolute atomic E-state index is 0.0805. The molecule has 3 rings (SSSR count). The number of piperidine rings is 1. The summed E-state index contributed by atoms with van der Waals surface area (Å²) < 4.78 is 5.90. The van der Waals surface area contributed by atoms with Crippen LogP contribution in [-0.2, 0) is 9.53 Å². The van der Waals surface area contributed by atoms with E-state index in [1.165, 1.54) is 23.1 Å². The van der Waals surface area contributed by atoms with Crippen molar-refractivity contribution < 1.29 is 24.4 Å². The SMILES string of the molecule is CCCN1CCC2(CC1)OC[C@H](C(=O)O)N2C(=O)c1ccc(C)c([N+](=O)[O-])c1. The zero-order chi connectivity index (χ0) is 20.5. The molecule has 1 N–H and O–H groups in total.